The summed E-state index contributed by atoms with van der Waals surface area (Å²) in [5.74, 6) is -0.837. The first kappa shape index (κ1) is 9.46. The monoisotopic (exact) mass is 213 g/mol. The van der Waals surface area contributed by atoms with Crippen molar-refractivity contribution in [2.45, 2.75) is 18.3 Å². The van der Waals surface area contributed by atoms with Crippen LogP contribution < -0.4 is 5.73 Å². The zero-order valence-corrected chi connectivity index (χ0v) is 8.14. The Morgan fingerprint density at radius 1 is 1.50 bits per heavy atom. The molecule has 1 aromatic rings. The summed E-state index contributed by atoms with van der Waals surface area (Å²) in [6.07, 6.45) is 1.45. The molecule has 0 heterocycles. The standard InChI is InChI=1S/C10H9ClFNO/c11-7-5-6(1-2-8(7)12)10(3-4-10)9(13)14/h1-2,5H,3-4H2,(H2,13,14). The van der Waals surface area contributed by atoms with Gasteiger partial charge in [0.1, 0.15) is 5.82 Å². The Morgan fingerprint density at radius 3 is 2.57 bits per heavy atom. The van der Waals surface area contributed by atoms with Gasteiger partial charge in [-0.2, -0.15) is 0 Å². The van der Waals surface area contributed by atoms with Crippen LogP contribution in [0.2, 0.25) is 5.02 Å². The average molecular weight is 214 g/mol. The van der Waals surface area contributed by atoms with Gasteiger partial charge in [0, 0.05) is 0 Å². The van der Waals surface area contributed by atoms with E-state index in [2.05, 4.69) is 0 Å². The number of primary amides is 1. The largest absolute Gasteiger partial charge is 0.369 e. The summed E-state index contributed by atoms with van der Waals surface area (Å²) in [5.41, 5.74) is 5.41. The van der Waals surface area contributed by atoms with Crippen LogP contribution >= 0.6 is 11.6 Å². The highest BCUT2D eigenvalue weighted by molar-refractivity contribution is 6.30. The number of carbonyl (C=O) groups is 1. The smallest absolute Gasteiger partial charge is 0.228 e. The van der Waals surface area contributed by atoms with E-state index in [1.54, 1.807) is 6.07 Å². The first-order valence-corrected chi connectivity index (χ1v) is 4.69. The molecule has 1 aliphatic carbocycles. The van der Waals surface area contributed by atoms with Gasteiger partial charge in [-0.05, 0) is 30.5 Å². The Bertz CT molecular complexity index is 401. The third-order valence-corrected chi connectivity index (χ3v) is 2.98. The Morgan fingerprint density at radius 2 is 2.14 bits per heavy atom. The molecule has 1 saturated carbocycles. The van der Waals surface area contributed by atoms with Gasteiger partial charge in [-0.25, -0.2) is 4.39 Å². The molecular weight excluding hydrogens is 205 g/mol. The van der Waals surface area contributed by atoms with Crippen LogP contribution in [0.3, 0.4) is 0 Å². The van der Waals surface area contributed by atoms with Crippen molar-refractivity contribution in [1.82, 2.24) is 0 Å². The van der Waals surface area contributed by atoms with E-state index in [9.17, 15) is 9.18 Å². The average Bonchev–Trinajstić information content (AvgIpc) is 2.90. The van der Waals surface area contributed by atoms with Crippen molar-refractivity contribution in [3.63, 3.8) is 0 Å². The fraction of sp³-hybridized carbons (Fsp3) is 0.300. The molecule has 1 aromatic carbocycles. The molecule has 0 spiro atoms. The number of rotatable bonds is 2. The molecule has 1 amide bonds. The van der Waals surface area contributed by atoms with Crippen molar-refractivity contribution in [3.8, 4) is 0 Å². The molecule has 0 atom stereocenters. The molecule has 2 rings (SSSR count). The Labute approximate surface area is 85.9 Å². The molecule has 4 heteroatoms. The maximum atomic E-state index is 12.9. The minimum atomic E-state index is -0.586. The number of hydrogen-bond acceptors (Lipinski definition) is 1. The Balaban J connectivity index is 2.43. The van der Waals surface area contributed by atoms with Gasteiger partial charge in [0.2, 0.25) is 5.91 Å². The molecule has 2 nitrogen and oxygen atoms in total. The van der Waals surface area contributed by atoms with Gasteiger partial charge in [0.15, 0.2) is 0 Å². The minimum absolute atomic E-state index is 0.0371. The quantitative estimate of drug-likeness (QED) is 0.802. The second kappa shape index (κ2) is 2.95. The summed E-state index contributed by atoms with van der Waals surface area (Å²) in [4.78, 5) is 11.2. The fourth-order valence-electron chi connectivity index (χ4n) is 1.60. The van der Waals surface area contributed by atoms with Crippen molar-refractivity contribution in [2.24, 2.45) is 5.73 Å². The molecule has 0 saturated heterocycles. The van der Waals surface area contributed by atoms with Crippen molar-refractivity contribution in [3.05, 3.63) is 34.6 Å². The van der Waals surface area contributed by atoms with Crippen LogP contribution in [0, 0.1) is 5.82 Å². The van der Waals surface area contributed by atoms with Crippen LogP contribution in [0.4, 0.5) is 4.39 Å². The summed E-state index contributed by atoms with van der Waals surface area (Å²) in [5, 5.41) is 0.0371. The maximum Gasteiger partial charge on any atom is 0.228 e. The van der Waals surface area contributed by atoms with Gasteiger partial charge in [0.25, 0.3) is 0 Å². The molecule has 14 heavy (non-hydrogen) atoms. The lowest BCUT2D eigenvalue weighted by atomic mass is 9.95. The van der Waals surface area contributed by atoms with Gasteiger partial charge in [-0.1, -0.05) is 17.7 Å². The number of hydrogen-bond donors (Lipinski definition) is 1. The Hall–Kier alpha value is -1.09. The minimum Gasteiger partial charge on any atom is -0.369 e. The molecule has 0 unspecified atom stereocenters. The van der Waals surface area contributed by atoms with Gasteiger partial charge in [-0.15, -0.1) is 0 Å². The number of halogens is 2. The predicted octanol–water partition coefficient (Wildman–Crippen LogP) is 2.00. The van der Waals surface area contributed by atoms with Crippen molar-refractivity contribution < 1.29 is 9.18 Å². The summed E-state index contributed by atoms with van der Waals surface area (Å²) in [6, 6.07) is 4.31. The lowest BCUT2D eigenvalue weighted by Crippen LogP contribution is -2.28. The van der Waals surface area contributed by atoms with E-state index in [4.69, 9.17) is 17.3 Å². The summed E-state index contributed by atoms with van der Waals surface area (Å²) in [6.45, 7) is 0. The van der Waals surface area contributed by atoms with Crippen molar-refractivity contribution >= 4 is 17.5 Å². The number of amides is 1. The molecular formula is C10H9ClFNO. The second-order valence-corrected chi connectivity index (χ2v) is 3.98. The normalized spacial score (nSPS) is 17.9. The molecule has 74 valence electrons. The highest BCUT2D eigenvalue weighted by atomic mass is 35.5. The number of carbonyl (C=O) groups excluding carboxylic acids is 1. The number of benzene rings is 1. The van der Waals surface area contributed by atoms with Gasteiger partial charge >= 0.3 is 0 Å². The van der Waals surface area contributed by atoms with E-state index in [0.717, 1.165) is 18.4 Å². The SMILES string of the molecule is NC(=O)C1(c2ccc(F)c(Cl)c2)CC1. The highest BCUT2D eigenvalue weighted by Crippen LogP contribution is 2.48. The molecule has 0 aliphatic heterocycles. The van der Waals surface area contributed by atoms with Crippen LogP contribution in [0.25, 0.3) is 0 Å². The first-order valence-electron chi connectivity index (χ1n) is 4.32. The highest BCUT2D eigenvalue weighted by Gasteiger charge is 2.50. The molecule has 2 N–H and O–H groups in total. The van der Waals surface area contributed by atoms with Crippen LogP contribution in [0.1, 0.15) is 18.4 Å². The Kier molecular flexibility index (Phi) is 2.00. The lowest BCUT2D eigenvalue weighted by Gasteiger charge is -2.11. The van der Waals surface area contributed by atoms with Gasteiger partial charge in [-0.3, -0.25) is 4.79 Å². The summed E-state index contributed by atoms with van der Waals surface area (Å²) < 4.78 is 12.9. The van der Waals surface area contributed by atoms with Crippen LogP contribution in [0.5, 0.6) is 0 Å². The molecule has 0 radical (unpaired) electrons. The predicted molar refractivity (Wildman–Crippen MR) is 51.5 cm³/mol. The fourth-order valence-corrected chi connectivity index (χ4v) is 1.78. The first-order chi connectivity index (χ1) is 6.56. The van der Waals surface area contributed by atoms with E-state index in [1.807, 2.05) is 0 Å². The van der Waals surface area contributed by atoms with Crippen LogP contribution in [0.15, 0.2) is 18.2 Å². The van der Waals surface area contributed by atoms with E-state index in [0.29, 0.717) is 0 Å². The molecule has 0 bridgehead atoms. The third kappa shape index (κ3) is 1.28. The van der Waals surface area contributed by atoms with E-state index in [1.165, 1.54) is 12.1 Å². The third-order valence-electron chi connectivity index (χ3n) is 2.69. The second-order valence-electron chi connectivity index (χ2n) is 3.58. The topological polar surface area (TPSA) is 43.1 Å². The van der Waals surface area contributed by atoms with E-state index >= 15 is 0 Å². The van der Waals surface area contributed by atoms with E-state index in [-0.39, 0.29) is 10.9 Å². The zero-order valence-electron chi connectivity index (χ0n) is 7.39. The van der Waals surface area contributed by atoms with Crippen molar-refractivity contribution in [1.29, 1.82) is 0 Å². The van der Waals surface area contributed by atoms with Crippen LogP contribution in [-0.4, -0.2) is 5.91 Å². The molecule has 1 aliphatic rings. The summed E-state index contributed by atoms with van der Waals surface area (Å²) in [7, 11) is 0. The lowest BCUT2D eigenvalue weighted by molar-refractivity contribution is -0.120. The van der Waals surface area contributed by atoms with Gasteiger partial charge in [0.05, 0.1) is 10.4 Å². The zero-order chi connectivity index (χ0) is 10.3. The molecule has 1 fully saturated rings. The van der Waals surface area contributed by atoms with Gasteiger partial charge < -0.3 is 5.73 Å². The molecule has 0 aromatic heterocycles. The van der Waals surface area contributed by atoms with E-state index < -0.39 is 11.2 Å². The van der Waals surface area contributed by atoms with Crippen molar-refractivity contribution in [2.75, 3.05) is 0 Å². The maximum absolute atomic E-state index is 12.9. The summed E-state index contributed by atoms with van der Waals surface area (Å²) >= 11 is 5.63. The van der Waals surface area contributed by atoms with Crippen LogP contribution in [-0.2, 0) is 10.2 Å². The number of nitrogens with two attached hydrogens (primary N) is 1.